The van der Waals surface area contributed by atoms with Crippen LogP contribution in [0.5, 0.6) is 23.0 Å². The number of fused-ring (bicyclic) bond motifs is 1. The monoisotopic (exact) mass is 432 g/mol. The van der Waals surface area contributed by atoms with Crippen LogP contribution in [-0.2, 0) is 16.9 Å². The van der Waals surface area contributed by atoms with Crippen molar-refractivity contribution in [1.29, 1.82) is 0 Å². The smallest absolute Gasteiger partial charge is 0.231 e. The summed E-state index contributed by atoms with van der Waals surface area (Å²) in [4.78, 5) is 0. The molecule has 0 saturated heterocycles. The van der Waals surface area contributed by atoms with E-state index in [0.29, 0.717) is 35.0 Å². The first-order valence-corrected chi connectivity index (χ1v) is 10.4. The summed E-state index contributed by atoms with van der Waals surface area (Å²) in [7, 11) is 3.15. The SMILES string of the molecule is COc1ccc(C2(O)OCC(c3ccc4c(c3)OCO4)=C2Cc2ccccc2)cc1OC. The van der Waals surface area contributed by atoms with E-state index in [4.69, 9.17) is 23.7 Å². The van der Waals surface area contributed by atoms with Crippen LogP contribution in [0.3, 0.4) is 0 Å². The van der Waals surface area contributed by atoms with Gasteiger partial charge < -0.3 is 28.8 Å². The molecule has 5 rings (SSSR count). The third-order valence-corrected chi connectivity index (χ3v) is 5.92. The van der Waals surface area contributed by atoms with Gasteiger partial charge in [0.2, 0.25) is 12.6 Å². The molecule has 0 radical (unpaired) electrons. The van der Waals surface area contributed by atoms with Crippen LogP contribution in [0.25, 0.3) is 5.57 Å². The lowest BCUT2D eigenvalue weighted by atomic mass is 9.88. The molecule has 3 aromatic rings. The van der Waals surface area contributed by atoms with E-state index in [1.54, 1.807) is 32.4 Å². The molecule has 1 unspecified atom stereocenters. The molecular weight excluding hydrogens is 408 g/mol. The predicted octanol–water partition coefficient (Wildman–Crippen LogP) is 4.30. The fraction of sp³-hybridized carbons (Fsp3) is 0.231. The largest absolute Gasteiger partial charge is 0.493 e. The summed E-state index contributed by atoms with van der Waals surface area (Å²) in [6, 6.07) is 21.2. The van der Waals surface area contributed by atoms with E-state index in [2.05, 4.69) is 0 Å². The van der Waals surface area contributed by atoms with E-state index in [9.17, 15) is 5.11 Å². The number of methoxy groups -OCH3 is 2. The topological polar surface area (TPSA) is 66.4 Å². The molecular formula is C26H24O6. The minimum absolute atomic E-state index is 0.209. The van der Waals surface area contributed by atoms with Gasteiger partial charge in [-0.25, -0.2) is 0 Å². The molecule has 0 spiro atoms. The van der Waals surface area contributed by atoms with Crippen molar-refractivity contribution in [3.8, 4) is 23.0 Å². The quantitative estimate of drug-likeness (QED) is 0.626. The highest BCUT2D eigenvalue weighted by atomic mass is 16.7. The highest BCUT2D eigenvalue weighted by Gasteiger charge is 2.43. The average molecular weight is 432 g/mol. The van der Waals surface area contributed by atoms with Crippen LogP contribution in [0, 0.1) is 0 Å². The van der Waals surface area contributed by atoms with Crippen molar-refractivity contribution in [3.63, 3.8) is 0 Å². The van der Waals surface area contributed by atoms with Gasteiger partial charge in [0, 0.05) is 11.1 Å². The van der Waals surface area contributed by atoms with Crippen molar-refractivity contribution in [2.45, 2.75) is 12.2 Å². The van der Waals surface area contributed by atoms with Gasteiger partial charge in [0.25, 0.3) is 0 Å². The van der Waals surface area contributed by atoms with Gasteiger partial charge in [0.05, 0.1) is 20.8 Å². The van der Waals surface area contributed by atoms with Crippen LogP contribution < -0.4 is 18.9 Å². The van der Waals surface area contributed by atoms with E-state index < -0.39 is 5.79 Å². The molecule has 1 N–H and O–H groups in total. The lowest BCUT2D eigenvalue weighted by Crippen LogP contribution is -2.29. The number of rotatable bonds is 6. The Morgan fingerprint density at radius 3 is 2.44 bits per heavy atom. The Kier molecular flexibility index (Phi) is 5.25. The molecule has 0 saturated carbocycles. The molecule has 0 fully saturated rings. The zero-order chi connectivity index (χ0) is 22.1. The zero-order valence-electron chi connectivity index (χ0n) is 18.0. The Labute approximate surface area is 186 Å². The maximum atomic E-state index is 11.9. The number of hydrogen-bond donors (Lipinski definition) is 1. The summed E-state index contributed by atoms with van der Waals surface area (Å²) in [6.07, 6.45) is 0.523. The fourth-order valence-electron chi connectivity index (χ4n) is 4.23. The summed E-state index contributed by atoms with van der Waals surface area (Å²) in [5.74, 6) is 0.907. The molecule has 32 heavy (non-hydrogen) atoms. The van der Waals surface area contributed by atoms with E-state index in [1.807, 2.05) is 48.5 Å². The van der Waals surface area contributed by atoms with Gasteiger partial charge in [-0.3, -0.25) is 0 Å². The molecule has 164 valence electrons. The van der Waals surface area contributed by atoms with E-state index >= 15 is 0 Å². The van der Waals surface area contributed by atoms with E-state index in [-0.39, 0.29) is 13.4 Å². The molecule has 0 bridgehead atoms. The summed E-state index contributed by atoms with van der Waals surface area (Å²) >= 11 is 0. The van der Waals surface area contributed by atoms with Gasteiger partial charge in [-0.1, -0.05) is 36.4 Å². The summed E-state index contributed by atoms with van der Waals surface area (Å²) < 4.78 is 27.9. The van der Waals surface area contributed by atoms with Crippen LogP contribution in [-0.4, -0.2) is 32.7 Å². The Hall–Kier alpha value is -3.48. The molecule has 2 aliphatic heterocycles. The normalized spacial score (nSPS) is 19.3. The molecule has 6 nitrogen and oxygen atoms in total. The van der Waals surface area contributed by atoms with Crippen LogP contribution in [0.1, 0.15) is 16.7 Å². The van der Waals surface area contributed by atoms with Gasteiger partial charge in [0.15, 0.2) is 23.0 Å². The standard InChI is InChI=1S/C26H24O6/c1-28-22-11-9-19(14-24(22)29-2)26(27)21(12-17-6-4-3-5-7-17)20(15-32-26)18-8-10-23-25(13-18)31-16-30-23/h3-11,13-14,27H,12,15-16H2,1-2H3. The maximum Gasteiger partial charge on any atom is 0.231 e. The molecule has 1 atom stereocenters. The Morgan fingerprint density at radius 2 is 1.66 bits per heavy atom. The molecule has 2 aliphatic rings. The van der Waals surface area contributed by atoms with Gasteiger partial charge in [0.1, 0.15) is 0 Å². The molecule has 2 heterocycles. The van der Waals surface area contributed by atoms with Crippen LogP contribution >= 0.6 is 0 Å². The number of ether oxygens (including phenoxy) is 5. The third kappa shape index (κ3) is 3.47. The van der Waals surface area contributed by atoms with Crippen molar-refractivity contribution >= 4 is 5.57 Å². The molecule has 0 aliphatic carbocycles. The Bertz CT molecular complexity index is 1170. The second-order valence-corrected chi connectivity index (χ2v) is 7.69. The van der Waals surface area contributed by atoms with Crippen molar-refractivity contribution in [2.75, 3.05) is 27.6 Å². The second kappa shape index (κ2) is 8.22. The van der Waals surface area contributed by atoms with E-state index in [1.165, 1.54) is 0 Å². The third-order valence-electron chi connectivity index (χ3n) is 5.92. The first-order valence-electron chi connectivity index (χ1n) is 10.4. The number of hydrogen-bond acceptors (Lipinski definition) is 6. The van der Waals surface area contributed by atoms with Gasteiger partial charge in [-0.2, -0.15) is 0 Å². The van der Waals surface area contributed by atoms with Gasteiger partial charge in [-0.05, 0) is 53.5 Å². The second-order valence-electron chi connectivity index (χ2n) is 7.69. The molecule has 0 amide bonds. The lowest BCUT2D eigenvalue weighted by molar-refractivity contribution is -0.162. The summed E-state index contributed by atoms with van der Waals surface area (Å²) in [6.45, 7) is 0.466. The Morgan fingerprint density at radius 1 is 0.875 bits per heavy atom. The van der Waals surface area contributed by atoms with Crippen LogP contribution in [0.4, 0.5) is 0 Å². The molecule has 3 aromatic carbocycles. The minimum Gasteiger partial charge on any atom is -0.493 e. The van der Waals surface area contributed by atoms with Gasteiger partial charge >= 0.3 is 0 Å². The van der Waals surface area contributed by atoms with E-state index in [0.717, 1.165) is 22.3 Å². The maximum absolute atomic E-state index is 11.9. The van der Waals surface area contributed by atoms with Crippen molar-refractivity contribution in [3.05, 3.63) is 89.0 Å². The van der Waals surface area contributed by atoms with Crippen molar-refractivity contribution in [1.82, 2.24) is 0 Å². The first-order chi connectivity index (χ1) is 15.6. The van der Waals surface area contributed by atoms with Gasteiger partial charge in [-0.15, -0.1) is 0 Å². The first kappa shape index (κ1) is 20.4. The summed E-state index contributed by atoms with van der Waals surface area (Å²) in [5, 5.41) is 11.9. The number of aliphatic hydroxyl groups is 1. The van der Waals surface area contributed by atoms with Crippen molar-refractivity contribution < 1.29 is 28.8 Å². The lowest BCUT2D eigenvalue weighted by Gasteiger charge is -2.27. The minimum atomic E-state index is -1.61. The van der Waals surface area contributed by atoms with Crippen molar-refractivity contribution in [2.24, 2.45) is 0 Å². The highest BCUT2D eigenvalue weighted by molar-refractivity contribution is 5.75. The molecule has 0 aromatic heterocycles. The zero-order valence-corrected chi connectivity index (χ0v) is 18.0. The average Bonchev–Trinajstić information content (AvgIpc) is 3.44. The highest BCUT2D eigenvalue weighted by Crippen LogP contribution is 2.46. The van der Waals surface area contributed by atoms with Crippen LogP contribution in [0.2, 0.25) is 0 Å². The molecule has 6 heteroatoms. The number of benzene rings is 3. The Balaban J connectivity index is 1.63. The predicted molar refractivity (Wildman–Crippen MR) is 119 cm³/mol. The fourth-order valence-corrected chi connectivity index (χ4v) is 4.23. The van der Waals surface area contributed by atoms with Crippen LogP contribution in [0.15, 0.2) is 72.3 Å². The summed E-state index contributed by atoms with van der Waals surface area (Å²) in [5.41, 5.74) is 4.28.